The standard InChI is InChI=1S/C25H32N6O3/c1-18-20(24(29-30(18)2)25(33)28-12-15-32)8-16-34-22-6-4-3-5-21(22)19-7-9-27-23(17-19)31-13-10-26-11-14-31/h3-7,9,17,26,32H,8,10-16H2,1-2H3,(H,28,33). The molecule has 9 nitrogen and oxygen atoms in total. The number of ether oxygens (including phenoxy) is 1. The van der Waals surface area contributed by atoms with E-state index in [2.05, 4.69) is 37.7 Å². The summed E-state index contributed by atoms with van der Waals surface area (Å²) in [5.41, 5.74) is 4.20. The molecule has 180 valence electrons. The average molecular weight is 465 g/mol. The molecule has 3 aromatic rings. The number of anilines is 1. The number of hydrogen-bond acceptors (Lipinski definition) is 7. The van der Waals surface area contributed by atoms with E-state index in [4.69, 9.17) is 9.84 Å². The van der Waals surface area contributed by atoms with Crippen molar-refractivity contribution in [3.8, 4) is 16.9 Å². The van der Waals surface area contributed by atoms with E-state index in [0.29, 0.717) is 18.7 Å². The van der Waals surface area contributed by atoms with E-state index in [1.165, 1.54) is 0 Å². The first kappa shape index (κ1) is 23.7. The van der Waals surface area contributed by atoms with E-state index in [-0.39, 0.29) is 19.1 Å². The number of nitrogens with zero attached hydrogens (tertiary/aromatic N) is 4. The number of benzene rings is 1. The Morgan fingerprint density at radius 1 is 1.24 bits per heavy atom. The van der Waals surface area contributed by atoms with Gasteiger partial charge < -0.3 is 25.4 Å². The number of nitrogens with one attached hydrogen (secondary N) is 2. The lowest BCUT2D eigenvalue weighted by Crippen LogP contribution is -2.43. The Hall–Kier alpha value is -3.43. The van der Waals surface area contributed by atoms with Gasteiger partial charge in [0.1, 0.15) is 11.6 Å². The van der Waals surface area contributed by atoms with Crippen LogP contribution >= 0.6 is 0 Å². The lowest BCUT2D eigenvalue weighted by Gasteiger charge is -2.28. The van der Waals surface area contributed by atoms with E-state index in [9.17, 15) is 4.79 Å². The first-order valence-electron chi connectivity index (χ1n) is 11.6. The highest BCUT2D eigenvalue weighted by Crippen LogP contribution is 2.31. The largest absolute Gasteiger partial charge is 0.493 e. The van der Waals surface area contributed by atoms with Crippen LogP contribution in [0.1, 0.15) is 21.7 Å². The Morgan fingerprint density at radius 3 is 2.82 bits per heavy atom. The summed E-state index contributed by atoms with van der Waals surface area (Å²) >= 11 is 0. The van der Waals surface area contributed by atoms with Crippen LogP contribution in [0.4, 0.5) is 5.82 Å². The molecule has 4 rings (SSSR count). The molecular formula is C25H32N6O3. The summed E-state index contributed by atoms with van der Waals surface area (Å²) in [6.45, 7) is 6.21. The van der Waals surface area contributed by atoms with Crippen LogP contribution in [-0.4, -0.2) is 71.7 Å². The fourth-order valence-corrected chi connectivity index (χ4v) is 4.13. The fourth-order valence-electron chi connectivity index (χ4n) is 4.13. The number of amides is 1. The molecule has 0 bridgehead atoms. The number of hydrogen-bond donors (Lipinski definition) is 3. The van der Waals surface area contributed by atoms with Crippen molar-refractivity contribution in [2.45, 2.75) is 13.3 Å². The molecular weight excluding hydrogens is 432 g/mol. The first-order valence-corrected chi connectivity index (χ1v) is 11.6. The highest BCUT2D eigenvalue weighted by Gasteiger charge is 2.20. The molecule has 1 saturated heterocycles. The molecule has 3 N–H and O–H groups in total. The minimum atomic E-state index is -0.287. The Bertz CT molecular complexity index is 1120. The minimum absolute atomic E-state index is 0.113. The monoisotopic (exact) mass is 464 g/mol. The van der Waals surface area contributed by atoms with Crippen molar-refractivity contribution in [1.82, 2.24) is 25.4 Å². The molecule has 2 aromatic heterocycles. The molecule has 0 saturated carbocycles. The summed E-state index contributed by atoms with van der Waals surface area (Å²) in [5, 5.41) is 19.4. The number of rotatable bonds is 9. The van der Waals surface area contributed by atoms with Crippen LogP contribution in [0, 0.1) is 6.92 Å². The van der Waals surface area contributed by atoms with Gasteiger partial charge in [0.05, 0.1) is 13.2 Å². The van der Waals surface area contributed by atoms with Gasteiger partial charge in [-0.25, -0.2) is 4.98 Å². The SMILES string of the molecule is Cc1c(CCOc2ccccc2-c2ccnc(N3CCNCC3)c2)c(C(=O)NCCO)nn1C. The molecule has 0 aliphatic carbocycles. The predicted molar refractivity (Wildman–Crippen MR) is 131 cm³/mol. The molecule has 1 aromatic carbocycles. The van der Waals surface area contributed by atoms with Crippen molar-refractivity contribution in [2.75, 3.05) is 50.8 Å². The zero-order valence-corrected chi connectivity index (χ0v) is 19.8. The number of aryl methyl sites for hydroxylation is 1. The molecule has 0 unspecified atom stereocenters. The Balaban J connectivity index is 1.49. The second kappa shape index (κ2) is 11.1. The number of aliphatic hydroxyl groups is 1. The lowest BCUT2D eigenvalue weighted by molar-refractivity contribution is 0.0938. The maximum atomic E-state index is 12.5. The van der Waals surface area contributed by atoms with Gasteiger partial charge in [0.2, 0.25) is 0 Å². The van der Waals surface area contributed by atoms with E-state index >= 15 is 0 Å². The zero-order chi connectivity index (χ0) is 23.9. The average Bonchev–Trinajstić information content (AvgIpc) is 3.17. The highest BCUT2D eigenvalue weighted by molar-refractivity contribution is 5.94. The third kappa shape index (κ3) is 5.37. The summed E-state index contributed by atoms with van der Waals surface area (Å²) in [5.74, 6) is 1.47. The van der Waals surface area contributed by atoms with Crippen LogP contribution in [0.2, 0.25) is 0 Å². The molecule has 0 radical (unpaired) electrons. The summed E-state index contributed by atoms with van der Waals surface area (Å²) in [6.07, 6.45) is 2.39. The fraction of sp³-hybridized carbons (Fsp3) is 0.400. The molecule has 0 atom stereocenters. The van der Waals surface area contributed by atoms with Crippen LogP contribution in [0.25, 0.3) is 11.1 Å². The van der Waals surface area contributed by atoms with E-state index < -0.39 is 0 Å². The Kier molecular flexibility index (Phi) is 7.76. The van der Waals surface area contributed by atoms with Gasteiger partial charge in [0.25, 0.3) is 5.91 Å². The number of carbonyl (C=O) groups excluding carboxylic acids is 1. The lowest BCUT2D eigenvalue weighted by atomic mass is 10.1. The number of aromatic nitrogens is 3. The first-order chi connectivity index (χ1) is 16.6. The second-order valence-electron chi connectivity index (χ2n) is 8.25. The quantitative estimate of drug-likeness (QED) is 0.441. The second-order valence-corrected chi connectivity index (χ2v) is 8.25. The zero-order valence-electron chi connectivity index (χ0n) is 19.8. The molecule has 0 spiro atoms. The number of carbonyl (C=O) groups is 1. The third-order valence-electron chi connectivity index (χ3n) is 6.06. The van der Waals surface area contributed by atoms with Crippen molar-refractivity contribution in [1.29, 1.82) is 0 Å². The van der Waals surface area contributed by atoms with Crippen molar-refractivity contribution in [3.63, 3.8) is 0 Å². The molecule has 9 heteroatoms. The molecule has 1 amide bonds. The van der Waals surface area contributed by atoms with Gasteiger partial charge in [-0.3, -0.25) is 9.48 Å². The van der Waals surface area contributed by atoms with Gasteiger partial charge in [-0.05, 0) is 30.7 Å². The molecule has 34 heavy (non-hydrogen) atoms. The van der Waals surface area contributed by atoms with Crippen molar-refractivity contribution >= 4 is 11.7 Å². The predicted octanol–water partition coefficient (Wildman–Crippen LogP) is 1.54. The third-order valence-corrected chi connectivity index (χ3v) is 6.06. The maximum Gasteiger partial charge on any atom is 0.272 e. The van der Waals surface area contributed by atoms with E-state index in [0.717, 1.165) is 60.1 Å². The normalized spacial score (nSPS) is 13.7. The van der Waals surface area contributed by atoms with Gasteiger partial charge in [-0.2, -0.15) is 5.10 Å². The van der Waals surface area contributed by atoms with Crippen molar-refractivity contribution in [2.24, 2.45) is 7.05 Å². The van der Waals surface area contributed by atoms with E-state index in [1.54, 1.807) is 4.68 Å². The molecule has 3 heterocycles. The van der Waals surface area contributed by atoms with E-state index in [1.807, 2.05) is 44.4 Å². The Morgan fingerprint density at radius 2 is 2.03 bits per heavy atom. The smallest absolute Gasteiger partial charge is 0.272 e. The van der Waals surface area contributed by atoms with Gasteiger partial charge in [-0.15, -0.1) is 0 Å². The van der Waals surface area contributed by atoms with Crippen LogP contribution in [0.3, 0.4) is 0 Å². The van der Waals surface area contributed by atoms with Crippen LogP contribution < -0.4 is 20.3 Å². The van der Waals surface area contributed by atoms with Crippen LogP contribution in [-0.2, 0) is 13.5 Å². The van der Waals surface area contributed by atoms with Crippen LogP contribution in [0.15, 0.2) is 42.6 Å². The van der Waals surface area contributed by atoms with Gasteiger partial charge in [0, 0.05) is 69.2 Å². The summed E-state index contributed by atoms with van der Waals surface area (Å²) in [6, 6.07) is 12.1. The number of piperazine rings is 1. The summed E-state index contributed by atoms with van der Waals surface area (Å²) in [4.78, 5) is 19.3. The molecule has 1 fully saturated rings. The number of aliphatic hydroxyl groups excluding tert-OH is 1. The Labute approximate surface area is 199 Å². The van der Waals surface area contributed by atoms with Gasteiger partial charge in [0.15, 0.2) is 5.69 Å². The molecule has 1 aliphatic heterocycles. The van der Waals surface area contributed by atoms with Crippen molar-refractivity contribution < 1.29 is 14.6 Å². The topological polar surface area (TPSA) is 105 Å². The number of pyridine rings is 1. The van der Waals surface area contributed by atoms with Gasteiger partial charge in [-0.1, -0.05) is 18.2 Å². The summed E-state index contributed by atoms with van der Waals surface area (Å²) in [7, 11) is 1.82. The highest BCUT2D eigenvalue weighted by atomic mass is 16.5. The van der Waals surface area contributed by atoms with Gasteiger partial charge >= 0.3 is 0 Å². The maximum absolute atomic E-state index is 12.5. The number of para-hydroxylation sites is 1. The summed E-state index contributed by atoms with van der Waals surface area (Å²) < 4.78 is 7.91. The van der Waals surface area contributed by atoms with Crippen molar-refractivity contribution in [3.05, 3.63) is 59.5 Å². The van der Waals surface area contributed by atoms with Crippen LogP contribution in [0.5, 0.6) is 5.75 Å². The minimum Gasteiger partial charge on any atom is -0.493 e. The molecule has 1 aliphatic rings.